The largest absolute Gasteiger partial charge is 0.478 e. The fourth-order valence-electron chi connectivity index (χ4n) is 2.44. The molecule has 0 radical (unpaired) electrons. The van der Waals surface area contributed by atoms with E-state index in [0.29, 0.717) is 5.56 Å². The van der Waals surface area contributed by atoms with Crippen LogP contribution < -0.4 is 4.90 Å². The lowest BCUT2D eigenvalue weighted by Crippen LogP contribution is -2.30. The summed E-state index contributed by atoms with van der Waals surface area (Å²) in [5, 5.41) is 9.01. The van der Waals surface area contributed by atoms with Crippen molar-refractivity contribution in [3.63, 3.8) is 0 Å². The summed E-state index contributed by atoms with van der Waals surface area (Å²) >= 11 is 1.87. The Morgan fingerprint density at radius 1 is 1.50 bits per heavy atom. The van der Waals surface area contributed by atoms with Gasteiger partial charge < -0.3 is 10.0 Å². The Balaban J connectivity index is 2.14. The molecule has 1 aliphatic heterocycles. The Morgan fingerprint density at radius 2 is 2.33 bits per heavy atom. The normalized spacial score (nSPS) is 14.4. The average molecular weight is 265 g/mol. The number of thioether (sulfide) groups is 1. The molecule has 3 nitrogen and oxygen atoms in total. The lowest BCUT2D eigenvalue weighted by Gasteiger charge is -2.31. The van der Waals surface area contributed by atoms with Gasteiger partial charge in [-0.1, -0.05) is 0 Å². The van der Waals surface area contributed by atoms with E-state index in [1.54, 1.807) is 6.07 Å². The lowest BCUT2D eigenvalue weighted by molar-refractivity contribution is 0.0697. The fourth-order valence-corrected chi connectivity index (χ4v) is 2.86. The number of nitrogens with zero attached hydrogens (tertiary/aromatic N) is 1. The number of fused-ring (bicyclic) bond motifs is 1. The highest BCUT2D eigenvalue weighted by molar-refractivity contribution is 7.98. The lowest BCUT2D eigenvalue weighted by atomic mass is 9.99. The van der Waals surface area contributed by atoms with E-state index in [1.807, 2.05) is 23.9 Å². The molecule has 0 fully saturated rings. The Labute approximate surface area is 112 Å². The van der Waals surface area contributed by atoms with E-state index >= 15 is 0 Å². The van der Waals surface area contributed by atoms with Crippen LogP contribution in [0.3, 0.4) is 0 Å². The molecule has 0 aromatic heterocycles. The van der Waals surface area contributed by atoms with Gasteiger partial charge >= 0.3 is 5.97 Å². The highest BCUT2D eigenvalue weighted by Crippen LogP contribution is 2.28. The quantitative estimate of drug-likeness (QED) is 0.831. The zero-order valence-electron chi connectivity index (χ0n) is 10.7. The summed E-state index contributed by atoms with van der Waals surface area (Å²) in [4.78, 5) is 13.4. The van der Waals surface area contributed by atoms with Gasteiger partial charge in [0.05, 0.1) is 5.56 Å². The third kappa shape index (κ3) is 2.99. The van der Waals surface area contributed by atoms with Gasteiger partial charge in [0.25, 0.3) is 0 Å². The van der Waals surface area contributed by atoms with Crippen molar-refractivity contribution in [1.82, 2.24) is 0 Å². The van der Waals surface area contributed by atoms with Crippen LogP contribution in [-0.2, 0) is 6.42 Å². The first-order chi connectivity index (χ1) is 8.72. The van der Waals surface area contributed by atoms with Crippen molar-refractivity contribution in [3.05, 3.63) is 29.3 Å². The highest BCUT2D eigenvalue weighted by atomic mass is 32.2. The molecule has 1 N–H and O–H groups in total. The molecular weight excluding hydrogens is 246 g/mol. The first-order valence-corrected chi connectivity index (χ1v) is 7.72. The predicted octanol–water partition coefficient (Wildman–Crippen LogP) is 2.89. The Hall–Kier alpha value is -1.16. The molecule has 1 aliphatic rings. The molecule has 0 saturated carbocycles. The Kier molecular flexibility index (Phi) is 4.53. The number of aromatic carboxylic acids is 1. The van der Waals surface area contributed by atoms with Crippen molar-refractivity contribution in [2.45, 2.75) is 19.3 Å². The molecule has 98 valence electrons. The van der Waals surface area contributed by atoms with E-state index in [2.05, 4.69) is 11.2 Å². The minimum Gasteiger partial charge on any atom is -0.478 e. The molecule has 0 bridgehead atoms. The van der Waals surface area contributed by atoms with E-state index < -0.39 is 5.97 Å². The maximum absolute atomic E-state index is 11.0. The van der Waals surface area contributed by atoms with Crippen LogP contribution >= 0.6 is 11.8 Å². The standard InChI is InChI=1S/C14H19NO2S/c1-18-9-3-8-15-7-2-4-11-10-12(14(16)17)5-6-13(11)15/h5-6,10H,2-4,7-9H2,1H3,(H,16,17). The molecule has 0 saturated heterocycles. The summed E-state index contributed by atoms with van der Waals surface area (Å²) in [5.74, 6) is 0.344. The van der Waals surface area contributed by atoms with Crippen molar-refractivity contribution in [2.24, 2.45) is 0 Å². The van der Waals surface area contributed by atoms with E-state index in [9.17, 15) is 4.79 Å². The summed E-state index contributed by atoms with van der Waals surface area (Å²) in [6, 6.07) is 5.52. The number of carboxylic acids is 1. The van der Waals surface area contributed by atoms with Gasteiger partial charge in [-0.2, -0.15) is 11.8 Å². The molecule has 1 heterocycles. The monoisotopic (exact) mass is 265 g/mol. The van der Waals surface area contributed by atoms with Gasteiger partial charge in [0.2, 0.25) is 0 Å². The Morgan fingerprint density at radius 3 is 3.06 bits per heavy atom. The van der Waals surface area contributed by atoms with Crippen LogP contribution in [-0.4, -0.2) is 36.2 Å². The number of hydrogen-bond acceptors (Lipinski definition) is 3. The van der Waals surface area contributed by atoms with Crippen LogP contribution in [0.5, 0.6) is 0 Å². The van der Waals surface area contributed by atoms with Gasteiger partial charge in [0.15, 0.2) is 0 Å². The number of carbonyl (C=O) groups is 1. The van der Waals surface area contributed by atoms with E-state index in [4.69, 9.17) is 5.11 Å². The summed E-state index contributed by atoms with van der Waals surface area (Å²) in [7, 11) is 0. The zero-order chi connectivity index (χ0) is 13.0. The van der Waals surface area contributed by atoms with Crippen molar-refractivity contribution in [2.75, 3.05) is 30.0 Å². The van der Waals surface area contributed by atoms with Crippen molar-refractivity contribution in [1.29, 1.82) is 0 Å². The second-order valence-electron chi connectivity index (χ2n) is 4.59. The van der Waals surface area contributed by atoms with Crippen LogP contribution in [0.25, 0.3) is 0 Å². The molecule has 0 spiro atoms. The van der Waals surface area contributed by atoms with Gasteiger partial charge in [-0.25, -0.2) is 4.79 Å². The number of anilines is 1. The van der Waals surface area contributed by atoms with E-state index in [1.165, 1.54) is 23.4 Å². The average Bonchev–Trinajstić information content (AvgIpc) is 2.38. The van der Waals surface area contributed by atoms with E-state index in [0.717, 1.165) is 25.9 Å². The molecule has 0 unspecified atom stereocenters. The van der Waals surface area contributed by atoms with Gasteiger partial charge in [-0.05, 0) is 55.0 Å². The van der Waals surface area contributed by atoms with Gasteiger partial charge in [0.1, 0.15) is 0 Å². The molecule has 18 heavy (non-hydrogen) atoms. The summed E-state index contributed by atoms with van der Waals surface area (Å²) in [6.07, 6.45) is 5.43. The molecule has 0 amide bonds. The van der Waals surface area contributed by atoms with Crippen LogP contribution in [0.2, 0.25) is 0 Å². The smallest absolute Gasteiger partial charge is 0.335 e. The fraction of sp³-hybridized carbons (Fsp3) is 0.500. The predicted molar refractivity (Wildman–Crippen MR) is 76.9 cm³/mol. The first-order valence-electron chi connectivity index (χ1n) is 6.32. The molecule has 4 heteroatoms. The van der Waals surface area contributed by atoms with Crippen molar-refractivity contribution >= 4 is 23.4 Å². The molecule has 0 aliphatic carbocycles. The molecule has 2 rings (SSSR count). The minimum atomic E-state index is -0.836. The molecule has 0 atom stereocenters. The minimum absolute atomic E-state index is 0.403. The number of hydrogen-bond donors (Lipinski definition) is 1. The number of benzene rings is 1. The van der Waals surface area contributed by atoms with Crippen LogP contribution in [0, 0.1) is 0 Å². The maximum Gasteiger partial charge on any atom is 0.335 e. The first kappa shape index (κ1) is 13.3. The number of rotatable bonds is 5. The third-order valence-electron chi connectivity index (χ3n) is 3.32. The SMILES string of the molecule is CSCCCN1CCCc2cc(C(=O)O)ccc21. The van der Waals surface area contributed by atoms with Crippen molar-refractivity contribution < 1.29 is 9.90 Å². The van der Waals surface area contributed by atoms with Gasteiger partial charge in [-0.3, -0.25) is 0 Å². The summed E-state index contributed by atoms with van der Waals surface area (Å²) in [5.41, 5.74) is 2.82. The molecular formula is C14H19NO2S. The summed E-state index contributed by atoms with van der Waals surface area (Å²) < 4.78 is 0. The van der Waals surface area contributed by atoms with Crippen LogP contribution in [0.1, 0.15) is 28.8 Å². The van der Waals surface area contributed by atoms with Crippen LogP contribution in [0.4, 0.5) is 5.69 Å². The second-order valence-corrected chi connectivity index (χ2v) is 5.57. The summed E-state index contributed by atoms with van der Waals surface area (Å²) in [6.45, 7) is 2.16. The highest BCUT2D eigenvalue weighted by Gasteiger charge is 2.17. The maximum atomic E-state index is 11.0. The topological polar surface area (TPSA) is 40.5 Å². The molecule has 1 aromatic carbocycles. The van der Waals surface area contributed by atoms with E-state index in [-0.39, 0.29) is 0 Å². The zero-order valence-corrected chi connectivity index (χ0v) is 11.5. The van der Waals surface area contributed by atoms with Crippen molar-refractivity contribution in [3.8, 4) is 0 Å². The third-order valence-corrected chi connectivity index (χ3v) is 4.01. The second kappa shape index (κ2) is 6.14. The van der Waals surface area contributed by atoms with Crippen LogP contribution in [0.15, 0.2) is 18.2 Å². The number of aryl methyl sites for hydroxylation is 1. The van der Waals surface area contributed by atoms with Gasteiger partial charge in [0, 0.05) is 18.8 Å². The van der Waals surface area contributed by atoms with Gasteiger partial charge in [-0.15, -0.1) is 0 Å². The Bertz CT molecular complexity index is 434. The molecule has 1 aromatic rings. The number of carboxylic acid groups (broad SMARTS) is 1.